The summed E-state index contributed by atoms with van der Waals surface area (Å²) in [7, 11) is 0. The lowest BCUT2D eigenvalue weighted by Gasteiger charge is -2.06. The van der Waals surface area contributed by atoms with E-state index in [1.165, 1.54) is 0 Å². The minimum Gasteiger partial charge on any atom is -0.383 e. The molecule has 29 heavy (non-hydrogen) atoms. The zero-order valence-corrected chi connectivity index (χ0v) is 16.8. The van der Waals surface area contributed by atoms with Crippen LogP contribution in [0.1, 0.15) is 54.2 Å². The van der Waals surface area contributed by atoms with Gasteiger partial charge in [-0.3, -0.25) is 9.59 Å². The quantitative estimate of drug-likeness (QED) is 0.603. The molecular formula is C21H25N5O3. The molecule has 8 nitrogen and oxygen atoms in total. The number of nitrogens with two attached hydrogens (primary N) is 2. The van der Waals surface area contributed by atoms with Crippen molar-refractivity contribution in [2.24, 2.45) is 5.73 Å². The SMILES string of the molecule is CCc1cc(CC(=O)Cc2ccc(-c3nn(C(C)C)c(N)c3C(N)=O)cc2)on1. The van der Waals surface area contributed by atoms with E-state index in [1.807, 2.05) is 51.1 Å². The Balaban J connectivity index is 1.77. The highest BCUT2D eigenvalue weighted by Gasteiger charge is 2.22. The van der Waals surface area contributed by atoms with Crippen molar-refractivity contribution in [1.82, 2.24) is 14.9 Å². The van der Waals surface area contributed by atoms with Gasteiger partial charge < -0.3 is 16.0 Å². The molecule has 8 heteroatoms. The third-order valence-corrected chi connectivity index (χ3v) is 4.65. The van der Waals surface area contributed by atoms with Crippen LogP contribution >= 0.6 is 0 Å². The van der Waals surface area contributed by atoms with Crippen LogP contribution in [0, 0.1) is 0 Å². The van der Waals surface area contributed by atoms with Crippen molar-refractivity contribution in [3.8, 4) is 11.3 Å². The van der Waals surface area contributed by atoms with E-state index in [0.29, 0.717) is 17.0 Å². The maximum atomic E-state index is 12.3. The highest BCUT2D eigenvalue weighted by Crippen LogP contribution is 2.29. The predicted octanol–water partition coefficient (Wildman–Crippen LogP) is 2.72. The van der Waals surface area contributed by atoms with E-state index in [-0.39, 0.29) is 36.0 Å². The summed E-state index contributed by atoms with van der Waals surface area (Å²) in [4.78, 5) is 24.2. The first-order valence-corrected chi connectivity index (χ1v) is 9.53. The van der Waals surface area contributed by atoms with E-state index < -0.39 is 5.91 Å². The lowest BCUT2D eigenvalue weighted by Crippen LogP contribution is -2.15. The lowest BCUT2D eigenvalue weighted by atomic mass is 10.0. The Morgan fingerprint density at radius 1 is 1.17 bits per heavy atom. The van der Waals surface area contributed by atoms with Gasteiger partial charge >= 0.3 is 0 Å². The number of aryl methyl sites for hydroxylation is 1. The normalized spacial score (nSPS) is 11.2. The van der Waals surface area contributed by atoms with E-state index in [9.17, 15) is 9.59 Å². The van der Waals surface area contributed by atoms with Gasteiger partial charge in [-0.25, -0.2) is 4.68 Å². The van der Waals surface area contributed by atoms with Gasteiger partial charge in [0.05, 0.1) is 12.1 Å². The molecule has 3 aromatic rings. The molecule has 3 rings (SSSR count). The number of hydrogen-bond donors (Lipinski definition) is 2. The van der Waals surface area contributed by atoms with Crippen molar-refractivity contribution in [3.05, 3.63) is 52.9 Å². The number of primary amides is 1. The van der Waals surface area contributed by atoms with Crippen molar-refractivity contribution >= 4 is 17.5 Å². The van der Waals surface area contributed by atoms with Crippen LogP contribution < -0.4 is 11.5 Å². The second-order valence-corrected chi connectivity index (χ2v) is 7.24. The van der Waals surface area contributed by atoms with Crippen molar-refractivity contribution in [2.45, 2.75) is 46.1 Å². The second-order valence-electron chi connectivity index (χ2n) is 7.24. The summed E-state index contributed by atoms with van der Waals surface area (Å²) in [5, 5.41) is 8.36. The summed E-state index contributed by atoms with van der Waals surface area (Å²) in [5.41, 5.74) is 14.6. The summed E-state index contributed by atoms with van der Waals surface area (Å²) < 4.78 is 6.75. The molecule has 0 saturated heterocycles. The van der Waals surface area contributed by atoms with Crippen molar-refractivity contribution < 1.29 is 14.1 Å². The molecule has 0 unspecified atom stereocenters. The van der Waals surface area contributed by atoms with Crippen LogP contribution in [-0.4, -0.2) is 26.6 Å². The third kappa shape index (κ3) is 4.37. The van der Waals surface area contributed by atoms with E-state index in [4.69, 9.17) is 16.0 Å². The maximum absolute atomic E-state index is 12.3. The number of aromatic nitrogens is 3. The monoisotopic (exact) mass is 395 g/mol. The van der Waals surface area contributed by atoms with Gasteiger partial charge in [-0.15, -0.1) is 0 Å². The fraction of sp³-hybridized carbons (Fsp3) is 0.333. The Labute approximate surface area is 168 Å². The Kier molecular flexibility index (Phi) is 5.81. The molecule has 152 valence electrons. The number of amides is 1. The molecule has 2 heterocycles. The maximum Gasteiger partial charge on any atom is 0.254 e. The first-order chi connectivity index (χ1) is 13.8. The summed E-state index contributed by atoms with van der Waals surface area (Å²) >= 11 is 0. The number of benzene rings is 1. The van der Waals surface area contributed by atoms with Gasteiger partial charge in [0.1, 0.15) is 28.6 Å². The number of anilines is 1. The van der Waals surface area contributed by atoms with Gasteiger partial charge in [-0.05, 0) is 25.8 Å². The summed E-state index contributed by atoms with van der Waals surface area (Å²) in [6.45, 7) is 5.82. The van der Waals surface area contributed by atoms with Gasteiger partial charge in [-0.1, -0.05) is 36.3 Å². The van der Waals surface area contributed by atoms with Crippen LogP contribution in [0.15, 0.2) is 34.9 Å². The molecule has 0 saturated carbocycles. The average molecular weight is 395 g/mol. The molecule has 4 N–H and O–H groups in total. The fourth-order valence-electron chi connectivity index (χ4n) is 3.16. The van der Waals surface area contributed by atoms with Crippen LogP contribution in [0.2, 0.25) is 0 Å². The average Bonchev–Trinajstić information content (AvgIpc) is 3.26. The zero-order valence-electron chi connectivity index (χ0n) is 16.8. The highest BCUT2D eigenvalue weighted by molar-refractivity contribution is 6.03. The summed E-state index contributed by atoms with van der Waals surface area (Å²) in [6, 6.07) is 9.09. The van der Waals surface area contributed by atoms with Crippen LogP contribution in [-0.2, 0) is 24.1 Å². The Morgan fingerprint density at radius 2 is 1.86 bits per heavy atom. The third-order valence-electron chi connectivity index (χ3n) is 4.65. The van der Waals surface area contributed by atoms with Crippen molar-refractivity contribution in [3.63, 3.8) is 0 Å². The lowest BCUT2D eigenvalue weighted by molar-refractivity contribution is -0.118. The van der Waals surface area contributed by atoms with Gasteiger partial charge in [0.15, 0.2) is 0 Å². The second kappa shape index (κ2) is 8.30. The molecule has 1 amide bonds. The van der Waals surface area contributed by atoms with Crippen LogP contribution in [0.5, 0.6) is 0 Å². The van der Waals surface area contributed by atoms with E-state index in [0.717, 1.165) is 17.7 Å². The fourth-order valence-corrected chi connectivity index (χ4v) is 3.16. The Morgan fingerprint density at radius 3 is 2.41 bits per heavy atom. The molecule has 1 aromatic carbocycles. The first kappa shape index (κ1) is 20.3. The smallest absolute Gasteiger partial charge is 0.254 e. The summed E-state index contributed by atoms with van der Waals surface area (Å²) in [6.07, 6.45) is 1.24. The Bertz CT molecular complexity index is 1030. The minimum absolute atomic E-state index is 0.0111. The van der Waals surface area contributed by atoms with Crippen molar-refractivity contribution in [1.29, 1.82) is 0 Å². The molecular weight excluding hydrogens is 370 g/mol. The highest BCUT2D eigenvalue weighted by atomic mass is 16.5. The molecule has 0 spiro atoms. The number of ketones is 1. The molecule has 0 radical (unpaired) electrons. The molecule has 0 fully saturated rings. The summed E-state index contributed by atoms with van der Waals surface area (Å²) in [5.74, 6) is 0.231. The van der Waals surface area contributed by atoms with Crippen molar-refractivity contribution in [2.75, 3.05) is 5.73 Å². The molecule has 0 bridgehead atoms. The molecule has 2 aromatic heterocycles. The van der Waals surface area contributed by atoms with E-state index in [1.54, 1.807) is 4.68 Å². The topological polar surface area (TPSA) is 130 Å². The molecule has 0 aliphatic rings. The van der Waals surface area contributed by atoms with E-state index in [2.05, 4.69) is 10.3 Å². The van der Waals surface area contributed by atoms with E-state index >= 15 is 0 Å². The zero-order chi connectivity index (χ0) is 21.1. The number of carbonyl (C=O) groups excluding carboxylic acids is 2. The molecule has 0 atom stereocenters. The van der Waals surface area contributed by atoms with Crippen LogP contribution in [0.3, 0.4) is 0 Å². The number of hydrogen-bond acceptors (Lipinski definition) is 6. The Hall–Kier alpha value is -3.42. The van der Waals surface area contributed by atoms with Crippen LogP contribution in [0.25, 0.3) is 11.3 Å². The minimum atomic E-state index is -0.623. The number of nitrogen functional groups attached to an aromatic ring is 1. The number of rotatable bonds is 8. The number of nitrogens with zero attached hydrogens (tertiary/aromatic N) is 3. The van der Waals surface area contributed by atoms with Gasteiger partial charge in [0.25, 0.3) is 5.91 Å². The van der Waals surface area contributed by atoms with Gasteiger partial charge in [0, 0.05) is 24.1 Å². The molecule has 0 aliphatic carbocycles. The molecule has 0 aliphatic heterocycles. The van der Waals surface area contributed by atoms with Gasteiger partial charge in [-0.2, -0.15) is 5.10 Å². The number of carbonyl (C=O) groups is 2. The standard InChI is InChI=1S/C21H25N5O3/c1-4-15-10-17(29-25-15)11-16(27)9-13-5-7-14(8-6-13)19-18(21(23)28)20(22)26(24-19)12(2)3/h5-8,10,12H,4,9,11,22H2,1-3H3,(H2,23,28). The van der Waals surface area contributed by atoms with Gasteiger partial charge in [0.2, 0.25) is 0 Å². The largest absolute Gasteiger partial charge is 0.383 e. The first-order valence-electron chi connectivity index (χ1n) is 9.53. The number of Topliss-reactive ketones (excluding diaryl/α,β-unsaturated/α-hetero) is 1. The predicted molar refractivity (Wildman–Crippen MR) is 109 cm³/mol. The van der Waals surface area contributed by atoms with Crippen LogP contribution in [0.4, 0.5) is 5.82 Å².